The van der Waals surface area contributed by atoms with Gasteiger partial charge in [-0.1, -0.05) is 0 Å². The summed E-state index contributed by atoms with van der Waals surface area (Å²) in [5.74, 6) is 0. The smallest absolute Gasteiger partial charge is 0.185 e. The Balaban J connectivity index is 2.55. The van der Waals surface area contributed by atoms with Crippen LogP contribution in [0.5, 0.6) is 0 Å². The van der Waals surface area contributed by atoms with Crippen LogP contribution in [0.2, 0.25) is 0 Å². The van der Waals surface area contributed by atoms with Crippen LogP contribution in [0.3, 0.4) is 0 Å². The average molecular weight is 252 g/mol. The van der Waals surface area contributed by atoms with Crippen molar-refractivity contribution in [1.29, 1.82) is 0 Å². The third-order valence-corrected chi connectivity index (χ3v) is 2.42. The molecule has 0 bridgehead atoms. The van der Waals surface area contributed by atoms with Crippen molar-refractivity contribution in [3.05, 3.63) is 0 Å². The van der Waals surface area contributed by atoms with Gasteiger partial charge in [-0.15, -0.1) is 0 Å². The number of ether oxygens (including phenoxy) is 6. The Morgan fingerprint density at radius 3 is 2.35 bits per heavy atom. The van der Waals surface area contributed by atoms with Crippen molar-refractivity contribution in [3.8, 4) is 0 Å². The summed E-state index contributed by atoms with van der Waals surface area (Å²) in [7, 11) is 4.48. The molecule has 0 aromatic rings. The zero-order chi connectivity index (χ0) is 12.7. The van der Waals surface area contributed by atoms with Crippen LogP contribution < -0.4 is 0 Å². The van der Waals surface area contributed by atoms with Crippen LogP contribution in [0, 0.1) is 0 Å². The lowest BCUT2D eigenvalue weighted by Crippen LogP contribution is -2.55. The van der Waals surface area contributed by atoms with Crippen molar-refractivity contribution in [1.82, 2.24) is 0 Å². The molecule has 102 valence electrons. The zero-order valence-corrected chi connectivity index (χ0v) is 10.3. The Bertz CT molecular complexity index is 201. The summed E-state index contributed by atoms with van der Waals surface area (Å²) in [5, 5.41) is 9.97. The van der Waals surface area contributed by atoms with Crippen LogP contribution >= 0.6 is 0 Å². The normalized spacial score (nSPS) is 33.9. The van der Waals surface area contributed by atoms with E-state index in [1.165, 1.54) is 21.3 Å². The molecule has 1 fully saturated rings. The van der Waals surface area contributed by atoms with Crippen LogP contribution in [0.1, 0.15) is 0 Å². The van der Waals surface area contributed by atoms with Crippen molar-refractivity contribution in [2.75, 3.05) is 41.5 Å². The van der Waals surface area contributed by atoms with Crippen LogP contribution in [-0.4, -0.2) is 71.2 Å². The Morgan fingerprint density at radius 1 is 1.12 bits per heavy atom. The maximum atomic E-state index is 9.97. The summed E-state index contributed by atoms with van der Waals surface area (Å²) < 4.78 is 30.6. The molecule has 0 spiro atoms. The molecule has 7 nitrogen and oxygen atoms in total. The molecule has 0 saturated carbocycles. The largest absolute Gasteiger partial charge is 0.385 e. The summed E-state index contributed by atoms with van der Waals surface area (Å²) in [6.07, 6.45) is -2.67. The van der Waals surface area contributed by atoms with E-state index in [4.69, 9.17) is 28.4 Å². The van der Waals surface area contributed by atoms with E-state index < -0.39 is 24.6 Å². The summed E-state index contributed by atoms with van der Waals surface area (Å²) in [6.45, 7) is 0.420. The molecule has 1 aliphatic rings. The number of hydrogen-bond donors (Lipinski definition) is 1. The fourth-order valence-corrected chi connectivity index (χ4v) is 1.62. The maximum Gasteiger partial charge on any atom is 0.185 e. The predicted octanol–water partition coefficient (Wildman–Crippen LogP) is -0.672. The van der Waals surface area contributed by atoms with Gasteiger partial charge in [0.25, 0.3) is 0 Å². The molecule has 0 radical (unpaired) electrons. The quantitative estimate of drug-likeness (QED) is 0.602. The molecule has 1 saturated heterocycles. The minimum absolute atomic E-state index is 0.0605. The van der Waals surface area contributed by atoms with Gasteiger partial charge in [0.05, 0.1) is 6.61 Å². The van der Waals surface area contributed by atoms with Gasteiger partial charge >= 0.3 is 0 Å². The molecular formula is C10H20O7. The molecule has 1 N–H and O–H groups in total. The van der Waals surface area contributed by atoms with Crippen molar-refractivity contribution < 1.29 is 33.5 Å². The molecule has 0 aromatic carbocycles. The average Bonchev–Trinajstić information content (AvgIpc) is 2.35. The number of methoxy groups -OCH3 is 3. The van der Waals surface area contributed by atoms with E-state index in [-0.39, 0.29) is 20.2 Å². The number of aliphatic hydroxyl groups excluding tert-OH is 1. The minimum atomic E-state index is -0.939. The number of aliphatic hydroxyl groups is 1. The Labute approximate surface area is 100 Å². The van der Waals surface area contributed by atoms with E-state index in [1.54, 1.807) is 0 Å². The highest BCUT2D eigenvalue weighted by molar-refractivity contribution is 4.85. The molecular weight excluding hydrogens is 232 g/mol. The zero-order valence-electron chi connectivity index (χ0n) is 10.3. The summed E-state index contributed by atoms with van der Waals surface area (Å²) in [6, 6.07) is 0. The molecule has 4 atom stereocenters. The monoisotopic (exact) mass is 252 g/mol. The Morgan fingerprint density at radius 2 is 1.76 bits per heavy atom. The second-order valence-corrected chi connectivity index (χ2v) is 3.58. The molecule has 17 heavy (non-hydrogen) atoms. The van der Waals surface area contributed by atoms with Crippen LogP contribution in [0.15, 0.2) is 0 Å². The van der Waals surface area contributed by atoms with E-state index in [1.807, 2.05) is 0 Å². The van der Waals surface area contributed by atoms with Crippen molar-refractivity contribution in [3.63, 3.8) is 0 Å². The molecule has 1 rings (SSSR count). The lowest BCUT2D eigenvalue weighted by molar-refractivity contribution is -0.294. The van der Waals surface area contributed by atoms with E-state index in [9.17, 15) is 5.11 Å². The van der Waals surface area contributed by atoms with E-state index in [2.05, 4.69) is 0 Å². The van der Waals surface area contributed by atoms with Crippen LogP contribution in [0.4, 0.5) is 0 Å². The fraction of sp³-hybridized carbons (Fsp3) is 1.00. The predicted molar refractivity (Wildman–Crippen MR) is 56.3 cm³/mol. The van der Waals surface area contributed by atoms with E-state index in [0.717, 1.165) is 0 Å². The molecule has 1 aliphatic heterocycles. The van der Waals surface area contributed by atoms with Gasteiger partial charge in [0.2, 0.25) is 0 Å². The second kappa shape index (κ2) is 7.93. The van der Waals surface area contributed by atoms with Gasteiger partial charge in [0.1, 0.15) is 31.9 Å². The van der Waals surface area contributed by atoms with Gasteiger partial charge in [-0.2, -0.15) is 0 Å². The lowest BCUT2D eigenvalue weighted by atomic mass is 10.1. The molecule has 0 amide bonds. The first kappa shape index (κ1) is 14.8. The van der Waals surface area contributed by atoms with Crippen molar-refractivity contribution >= 4 is 0 Å². The van der Waals surface area contributed by atoms with Gasteiger partial charge in [-0.3, -0.25) is 0 Å². The van der Waals surface area contributed by atoms with Crippen LogP contribution in [0.25, 0.3) is 0 Å². The van der Waals surface area contributed by atoms with Gasteiger partial charge < -0.3 is 33.5 Å². The lowest BCUT2D eigenvalue weighted by Gasteiger charge is -2.38. The first-order valence-corrected chi connectivity index (χ1v) is 5.28. The third-order valence-electron chi connectivity index (χ3n) is 2.42. The standard InChI is InChI=1S/C10H20O7/c1-12-5-16-7-4-15-10(14-3)8(11)9(7)17-6-13-2/h7-11H,4-6H2,1-3H3/t7-,8+,9-,10-/m0/s1. The molecule has 1 heterocycles. The first-order valence-electron chi connectivity index (χ1n) is 5.28. The third kappa shape index (κ3) is 4.14. The summed E-state index contributed by atoms with van der Waals surface area (Å²) in [4.78, 5) is 0. The molecule has 7 heteroatoms. The maximum absolute atomic E-state index is 9.97. The summed E-state index contributed by atoms with van der Waals surface area (Å²) in [5.41, 5.74) is 0. The molecule has 0 aliphatic carbocycles. The molecule has 0 unspecified atom stereocenters. The van der Waals surface area contributed by atoms with Crippen LogP contribution in [-0.2, 0) is 28.4 Å². The second-order valence-electron chi connectivity index (χ2n) is 3.58. The SMILES string of the molecule is COCO[C@@H]1[C@@H](O)[C@@H](OC)OC[C@@H]1OCOC. The first-order chi connectivity index (χ1) is 8.24. The van der Waals surface area contributed by atoms with Gasteiger partial charge in [-0.25, -0.2) is 0 Å². The van der Waals surface area contributed by atoms with Crippen molar-refractivity contribution in [2.24, 2.45) is 0 Å². The fourth-order valence-electron chi connectivity index (χ4n) is 1.62. The minimum Gasteiger partial charge on any atom is -0.385 e. The van der Waals surface area contributed by atoms with Gasteiger partial charge in [-0.05, 0) is 0 Å². The number of rotatable bonds is 7. The van der Waals surface area contributed by atoms with Gasteiger partial charge in [0, 0.05) is 21.3 Å². The number of hydrogen-bond acceptors (Lipinski definition) is 7. The van der Waals surface area contributed by atoms with E-state index in [0.29, 0.717) is 0 Å². The highest BCUT2D eigenvalue weighted by Gasteiger charge is 2.41. The van der Waals surface area contributed by atoms with E-state index >= 15 is 0 Å². The Kier molecular flexibility index (Phi) is 6.90. The highest BCUT2D eigenvalue weighted by Crippen LogP contribution is 2.21. The Hall–Kier alpha value is -0.280. The molecule has 0 aromatic heterocycles. The summed E-state index contributed by atoms with van der Waals surface area (Å²) >= 11 is 0. The topological polar surface area (TPSA) is 75.6 Å². The highest BCUT2D eigenvalue weighted by atomic mass is 16.7. The van der Waals surface area contributed by atoms with Gasteiger partial charge in [0.15, 0.2) is 6.29 Å². The van der Waals surface area contributed by atoms with Crippen molar-refractivity contribution in [2.45, 2.75) is 24.6 Å².